The van der Waals surface area contributed by atoms with E-state index in [0.29, 0.717) is 0 Å². The molecule has 0 spiro atoms. The van der Waals surface area contributed by atoms with Crippen molar-refractivity contribution in [3.8, 4) is 10.7 Å². The van der Waals surface area contributed by atoms with Gasteiger partial charge in [0, 0.05) is 28.1 Å². The second-order valence-corrected chi connectivity index (χ2v) is 6.45. The number of halogens is 1. The average Bonchev–Trinajstić information content (AvgIpc) is 3.11. The van der Waals surface area contributed by atoms with Gasteiger partial charge in [-0.1, -0.05) is 0 Å². The van der Waals surface area contributed by atoms with E-state index in [9.17, 15) is 0 Å². The minimum atomic E-state index is 0.733. The highest BCUT2D eigenvalue weighted by molar-refractivity contribution is 9.10. The third kappa shape index (κ3) is 2.63. The summed E-state index contributed by atoms with van der Waals surface area (Å²) in [6.45, 7) is 3.00. The number of rotatable bonds is 4. The van der Waals surface area contributed by atoms with Crippen LogP contribution >= 0.6 is 27.3 Å². The second kappa shape index (κ2) is 5.07. The number of aryl methyl sites for hydroxylation is 1. The fourth-order valence-electron chi connectivity index (χ4n) is 1.76. The normalized spacial score (nSPS) is 15.0. The molecule has 0 bridgehead atoms. The fraction of sp³-hybridized carbons (Fsp3) is 0.385. The van der Waals surface area contributed by atoms with E-state index in [-0.39, 0.29) is 0 Å². The Morgan fingerprint density at radius 3 is 3.06 bits per heavy atom. The van der Waals surface area contributed by atoms with Gasteiger partial charge >= 0.3 is 0 Å². The summed E-state index contributed by atoms with van der Waals surface area (Å²) < 4.78 is 1.00. The van der Waals surface area contributed by atoms with Crippen LogP contribution in [0.1, 0.15) is 23.4 Å². The zero-order valence-corrected chi connectivity index (χ0v) is 12.5. The second-order valence-electron chi connectivity index (χ2n) is 4.52. The Balaban J connectivity index is 1.84. The molecular formula is C13H14BrN3S. The largest absolute Gasteiger partial charge is 0.309 e. The number of pyridine rings is 1. The number of nitrogens with one attached hydrogen (secondary N) is 1. The monoisotopic (exact) mass is 323 g/mol. The molecule has 5 heteroatoms. The minimum Gasteiger partial charge on any atom is -0.309 e. The Morgan fingerprint density at radius 1 is 1.50 bits per heavy atom. The van der Waals surface area contributed by atoms with Crippen molar-refractivity contribution in [1.82, 2.24) is 15.3 Å². The van der Waals surface area contributed by atoms with E-state index < -0.39 is 0 Å². The molecule has 1 fully saturated rings. The molecule has 0 atom stereocenters. The maximum atomic E-state index is 4.63. The Morgan fingerprint density at radius 2 is 2.33 bits per heavy atom. The molecule has 0 amide bonds. The number of hydrogen-bond donors (Lipinski definition) is 1. The maximum Gasteiger partial charge on any atom is 0.143 e. The number of thiazole rings is 1. The van der Waals surface area contributed by atoms with Crippen LogP contribution in [0.5, 0.6) is 0 Å². The molecule has 3 nitrogen and oxygen atoms in total. The lowest BCUT2D eigenvalue weighted by molar-refractivity contribution is 0.691. The van der Waals surface area contributed by atoms with E-state index >= 15 is 0 Å². The van der Waals surface area contributed by atoms with Crippen molar-refractivity contribution in [2.45, 2.75) is 32.4 Å². The van der Waals surface area contributed by atoms with Crippen molar-refractivity contribution < 1.29 is 0 Å². The smallest absolute Gasteiger partial charge is 0.143 e. The van der Waals surface area contributed by atoms with Crippen LogP contribution in [0.3, 0.4) is 0 Å². The Kier molecular flexibility index (Phi) is 3.46. The van der Waals surface area contributed by atoms with E-state index in [1.54, 1.807) is 17.5 Å². The van der Waals surface area contributed by atoms with Gasteiger partial charge in [-0.25, -0.2) is 4.98 Å². The van der Waals surface area contributed by atoms with Gasteiger partial charge < -0.3 is 5.32 Å². The van der Waals surface area contributed by atoms with E-state index in [2.05, 4.69) is 38.1 Å². The topological polar surface area (TPSA) is 37.8 Å². The quantitative estimate of drug-likeness (QED) is 0.935. The first-order valence-corrected chi connectivity index (χ1v) is 7.65. The molecule has 94 valence electrons. The summed E-state index contributed by atoms with van der Waals surface area (Å²) in [5.41, 5.74) is 2.05. The third-order valence-electron chi connectivity index (χ3n) is 2.98. The van der Waals surface area contributed by atoms with Gasteiger partial charge in [0.25, 0.3) is 0 Å². The van der Waals surface area contributed by atoms with E-state index in [1.807, 2.05) is 12.1 Å². The van der Waals surface area contributed by atoms with Gasteiger partial charge in [-0.2, -0.15) is 0 Å². The molecule has 1 N–H and O–H groups in total. The molecule has 1 saturated carbocycles. The summed E-state index contributed by atoms with van der Waals surface area (Å²) in [7, 11) is 0. The number of hydrogen-bond acceptors (Lipinski definition) is 4. The molecule has 1 aliphatic rings. The van der Waals surface area contributed by atoms with E-state index in [0.717, 1.165) is 33.5 Å². The van der Waals surface area contributed by atoms with Crippen LogP contribution in [0.4, 0.5) is 0 Å². The van der Waals surface area contributed by atoms with Gasteiger partial charge in [-0.05, 0) is 47.8 Å². The molecule has 0 aromatic carbocycles. The van der Waals surface area contributed by atoms with Crippen molar-refractivity contribution in [3.05, 3.63) is 33.4 Å². The third-order valence-corrected chi connectivity index (χ3v) is 4.79. The zero-order chi connectivity index (χ0) is 12.5. The molecule has 3 rings (SSSR count). The predicted octanol–water partition coefficient (Wildman–Crippen LogP) is 3.53. The van der Waals surface area contributed by atoms with Gasteiger partial charge in [-0.3, -0.25) is 4.98 Å². The summed E-state index contributed by atoms with van der Waals surface area (Å²) in [5, 5.41) is 4.52. The molecule has 2 aromatic heterocycles. The van der Waals surface area contributed by atoms with Gasteiger partial charge in [0.2, 0.25) is 0 Å². The summed E-state index contributed by atoms with van der Waals surface area (Å²) in [5.74, 6) is 0. The van der Waals surface area contributed by atoms with Gasteiger partial charge in [0.05, 0.1) is 5.69 Å². The molecule has 0 unspecified atom stereocenters. The van der Waals surface area contributed by atoms with Gasteiger partial charge in [0.15, 0.2) is 0 Å². The molecule has 1 aliphatic carbocycles. The van der Waals surface area contributed by atoms with Crippen LogP contribution in [-0.4, -0.2) is 16.0 Å². The predicted molar refractivity (Wildman–Crippen MR) is 77.6 cm³/mol. The summed E-state index contributed by atoms with van der Waals surface area (Å²) >= 11 is 5.26. The SMILES string of the molecule is Cc1nc(-c2ncccc2Br)sc1CNC1CC1. The van der Waals surface area contributed by atoms with Crippen LogP contribution in [0, 0.1) is 6.92 Å². The molecule has 18 heavy (non-hydrogen) atoms. The number of nitrogens with zero attached hydrogens (tertiary/aromatic N) is 2. The Labute approximate surface area is 119 Å². The first kappa shape index (κ1) is 12.3. The first-order valence-electron chi connectivity index (χ1n) is 6.04. The Hall–Kier alpha value is -0.780. The van der Waals surface area contributed by atoms with Crippen LogP contribution in [-0.2, 0) is 6.54 Å². The molecule has 0 saturated heterocycles. The highest BCUT2D eigenvalue weighted by atomic mass is 79.9. The van der Waals surface area contributed by atoms with Crippen LogP contribution < -0.4 is 5.32 Å². The van der Waals surface area contributed by atoms with E-state index in [1.165, 1.54) is 17.7 Å². The van der Waals surface area contributed by atoms with Crippen molar-refractivity contribution in [2.75, 3.05) is 0 Å². The molecule has 0 aliphatic heterocycles. The van der Waals surface area contributed by atoms with Crippen LogP contribution in [0.2, 0.25) is 0 Å². The lowest BCUT2D eigenvalue weighted by Crippen LogP contribution is -2.14. The number of aromatic nitrogens is 2. The first-order chi connectivity index (χ1) is 8.74. The molecule has 0 radical (unpaired) electrons. The molecular weight excluding hydrogens is 310 g/mol. The van der Waals surface area contributed by atoms with Gasteiger partial charge in [-0.15, -0.1) is 11.3 Å². The van der Waals surface area contributed by atoms with Crippen LogP contribution in [0.15, 0.2) is 22.8 Å². The van der Waals surface area contributed by atoms with Crippen LogP contribution in [0.25, 0.3) is 10.7 Å². The van der Waals surface area contributed by atoms with Crippen molar-refractivity contribution in [2.24, 2.45) is 0 Å². The summed E-state index contributed by atoms with van der Waals surface area (Å²) in [4.78, 5) is 10.3. The lowest BCUT2D eigenvalue weighted by atomic mass is 10.3. The average molecular weight is 324 g/mol. The molecule has 2 heterocycles. The highest BCUT2D eigenvalue weighted by Gasteiger charge is 2.21. The standard InChI is InChI=1S/C13H14BrN3S/c1-8-11(7-16-9-4-5-9)18-13(17-8)12-10(14)3-2-6-15-12/h2-3,6,9,16H,4-5,7H2,1H3. The maximum absolute atomic E-state index is 4.63. The summed E-state index contributed by atoms with van der Waals surface area (Å²) in [6, 6.07) is 4.65. The van der Waals surface area contributed by atoms with E-state index in [4.69, 9.17) is 0 Å². The van der Waals surface area contributed by atoms with Gasteiger partial charge in [0.1, 0.15) is 10.7 Å². The highest BCUT2D eigenvalue weighted by Crippen LogP contribution is 2.31. The summed E-state index contributed by atoms with van der Waals surface area (Å²) in [6.07, 6.45) is 4.44. The van der Waals surface area contributed by atoms with Crippen molar-refractivity contribution in [3.63, 3.8) is 0 Å². The molecule has 2 aromatic rings. The van der Waals surface area contributed by atoms with Crippen molar-refractivity contribution >= 4 is 27.3 Å². The van der Waals surface area contributed by atoms with Crippen molar-refractivity contribution in [1.29, 1.82) is 0 Å². The lowest BCUT2D eigenvalue weighted by Gasteiger charge is -1.99. The fourth-order valence-corrected chi connectivity index (χ4v) is 3.36. The Bertz CT molecular complexity index is 563. The zero-order valence-electron chi connectivity index (χ0n) is 10.1. The minimum absolute atomic E-state index is 0.733.